The first-order chi connectivity index (χ1) is 14.4. The third kappa shape index (κ3) is 4.04. The Labute approximate surface area is 179 Å². The normalized spacial score (nSPS) is 11.1. The summed E-state index contributed by atoms with van der Waals surface area (Å²) in [5.74, 6) is 0.419. The van der Waals surface area contributed by atoms with E-state index in [0.29, 0.717) is 5.56 Å². The molecular formula is C24H23N3O2S. The molecule has 1 N–H and O–H groups in total. The van der Waals surface area contributed by atoms with Gasteiger partial charge in [-0.25, -0.2) is 14.8 Å². The Kier molecular flexibility index (Phi) is 5.50. The number of benzene rings is 2. The Bertz CT molecular complexity index is 1210. The number of fused-ring (bicyclic) bond motifs is 1. The van der Waals surface area contributed by atoms with Crippen LogP contribution in [0.15, 0.2) is 54.2 Å². The van der Waals surface area contributed by atoms with Gasteiger partial charge in [-0.2, -0.15) is 0 Å². The van der Waals surface area contributed by atoms with Gasteiger partial charge in [0.05, 0.1) is 17.1 Å². The van der Waals surface area contributed by atoms with Crippen molar-refractivity contribution in [3.63, 3.8) is 0 Å². The lowest BCUT2D eigenvalue weighted by atomic mass is 10.0. The van der Waals surface area contributed by atoms with Gasteiger partial charge in [-0.05, 0) is 68.7 Å². The molecule has 0 saturated heterocycles. The minimum Gasteiger partial charge on any atom is -0.459 e. The molecule has 0 bridgehead atoms. The molecule has 2 heterocycles. The molecule has 0 spiro atoms. The van der Waals surface area contributed by atoms with Gasteiger partial charge in [0.25, 0.3) is 0 Å². The summed E-state index contributed by atoms with van der Waals surface area (Å²) in [4.78, 5) is 21.9. The quantitative estimate of drug-likeness (QED) is 0.387. The molecule has 4 aromatic rings. The minimum atomic E-state index is -0.323. The van der Waals surface area contributed by atoms with Crippen LogP contribution in [0.4, 0.5) is 11.5 Å². The maximum atomic E-state index is 12.1. The lowest BCUT2D eigenvalue weighted by Crippen LogP contribution is -2.11. The Morgan fingerprint density at radius 3 is 2.50 bits per heavy atom. The lowest BCUT2D eigenvalue weighted by molar-refractivity contribution is 0.0378. The predicted octanol–water partition coefficient (Wildman–Crippen LogP) is 6.28. The maximum absolute atomic E-state index is 12.1. The van der Waals surface area contributed by atoms with Crippen molar-refractivity contribution in [1.29, 1.82) is 0 Å². The molecule has 0 amide bonds. The summed E-state index contributed by atoms with van der Waals surface area (Å²) in [6, 6.07) is 13.7. The number of rotatable bonds is 5. The second-order valence-corrected chi connectivity index (χ2v) is 8.37. The molecule has 0 saturated carbocycles. The van der Waals surface area contributed by atoms with Gasteiger partial charge in [-0.15, -0.1) is 11.3 Å². The number of aromatic nitrogens is 2. The molecule has 0 fully saturated rings. The van der Waals surface area contributed by atoms with Gasteiger partial charge in [0.1, 0.15) is 17.0 Å². The number of aryl methyl sites for hydroxylation is 2. The zero-order valence-corrected chi connectivity index (χ0v) is 18.2. The van der Waals surface area contributed by atoms with Crippen molar-refractivity contribution in [2.24, 2.45) is 0 Å². The first-order valence-corrected chi connectivity index (χ1v) is 10.7. The highest BCUT2D eigenvalue weighted by molar-refractivity contribution is 7.17. The second kappa shape index (κ2) is 8.24. The second-order valence-electron chi connectivity index (χ2n) is 7.51. The number of nitrogens with one attached hydrogen (secondary N) is 1. The first-order valence-electron chi connectivity index (χ1n) is 9.80. The molecule has 0 radical (unpaired) electrons. The largest absolute Gasteiger partial charge is 0.459 e. The summed E-state index contributed by atoms with van der Waals surface area (Å²) in [6.07, 6.45) is 1.42. The molecule has 2 aromatic heterocycles. The molecule has 4 rings (SSSR count). The highest BCUT2D eigenvalue weighted by Gasteiger charge is 2.14. The van der Waals surface area contributed by atoms with Crippen molar-refractivity contribution < 1.29 is 9.53 Å². The lowest BCUT2D eigenvalue weighted by Gasteiger charge is -2.11. The summed E-state index contributed by atoms with van der Waals surface area (Å²) in [6.45, 7) is 7.90. The number of anilines is 2. The molecule has 0 aliphatic rings. The zero-order chi connectivity index (χ0) is 21.3. The zero-order valence-electron chi connectivity index (χ0n) is 17.4. The third-order valence-corrected chi connectivity index (χ3v) is 5.80. The van der Waals surface area contributed by atoms with E-state index in [0.717, 1.165) is 32.8 Å². The summed E-state index contributed by atoms with van der Waals surface area (Å²) in [5, 5.41) is 6.50. The van der Waals surface area contributed by atoms with E-state index >= 15 is 0 Å². The SMILES string of the molecule is Cc1ccc(-c2csc3ncnc(Nc4ccc(C(=O)OC(C)C)cc4)c23)cc1C. The van der Waals surface area contributed by atoms with Gasteiger partial charge in [0.15, 0.2) is 0 Å². The van der Waals surface area contributed by atoms with Crippen molar-refractivity contribution in [2.45, 2.75) is 33.8 Å². The molecule has 6 heteroatoms. The molecule has 0 aliphatic carbocycles. The van der Waals surface area contributed by atoms with Crippen molar-refractivity contribution in [3.8, 4) is 11.1 Å². The van der Waals surface area contributed by atoms with Crippen LogP contribution in [-0.4, -0.2) is 22.0 Å². The van der Waals surface area contributed by atoms with Crippen LogP contribution in [-0.2, 0) is 4.74 Å². The topological polar surface area (TPSA) is 64.1 Å². The highest BCUT2D eigenvalue weighted by Crippen LogP contribution is 2.38. The Morgan fingerprint density at radius 1 is 1.03 bits per heavy atom. The van der Waals surface area contributed by atoms with Crippen LogP contribution in [0.1, 0.15) is 35.3 Å². The number of carbonyl (C=O) groups is 1. The van der Waals surface area contributed by atoms with E-state index in [-0.39, 0.29) is 12.1 Å². The van der Waals surface area contributed by atoms with E-state index < -0.39 is 0 Å². The Morgan fingerprint density at radius 2 is 1.80 bits per heavy atom. The van der Waals surface area contributed by atoms with E-state index in [9.17, 15) is 4.79 Å². The van der Waals surface area contributed by atoms with Crippen LogP contribution >= 0.6 is 11.3 Å². The molecule has 152 valence electrons. The Hall–Kier alpha value is -3.25. The van der Waals surface area contributed by atoms with Gasteiger partial charge < -0.3 is 10.1 Å². The summed E-state index contributed by atoms with van der Waals surface area (Å²) in [7, 11) is 0. The number of nitrogens with zero attached hydrogens (tertiary/aromatic N) is 2. The molecular weight excluding hydrogens is 394 g/mol. The van der Waals surface area contributed by atoms with Crippen molar-refractivity contribution in [2.75, 3.05) is 5.32 Å². The average molecular weight is 418 g/mol. The van der Waals surface area contributed by atoms with Gasteiger partial charge in [0, 0.05) is 16.6 Å². The number of esters is 1. The average Bonchev–Trinajstić information content (AvgIpc) is 3.15. The van der Waals surface area contributed by atoms with E-state index in [1.165, 1.54) is 11.1 Å². The van der Waals surface area contributed by atoms with Gasteiger partial charge >= 0.3 is 5.97 Å². The summed E-state index contributed by atoms with van der Waals surface area (Å²) in [5.41, 5.74) is 6.14. The van der Waals surface area contributed by atoms with Crippen LogP contribution in [0, 0.1) is 13.8 Å². The van der Waals surface area contributed by atoms with Crippen LogP contribution in [0.5, 0.6) is 0 Å². The van der Waals surface area contributed by atoms with Gasteiger partial charge in [0.2, 0.25) is 0 Å². The minimum absolute atomic E-state index is 0.146. The summed E-state index contributed by atoms with van der Waals surface area (Å²) < 4.78 is 5.25. The fourth-order valence-electron chi connectivity index (χ4n) is 3.20. The monoisotopic (exact) mass is 417 g/mol. The van der Waals surface area contributed by atoms with Gasteiger partial charge in [-0.3, -0.25) is 0 Å². The van der Waals surface area contributed by atoms with E-state index in [1.54, 1.807) is 29.8 Å². The van der Waals surface area contributed by atoms with Crippen molar-refractivity contribution in [3.05, 3.63) is 70.9 Å². The number of hydrogen-bond donors (Lipinski definition) is 1. The molecule has 0 atom stereocenters. The maximum Gasteiger partial charge on any atom is 0.338 e. The fraction of sp³-hybridized carbons (Fsp3) is 0.208. The van der Waals surface area contributed by atoms with Crippen LogP contribution in [0.2, 0.25) is 0 Å². The standard InChI is InChI=1S/C24H23N3O2S/c1-14(2)29-24(28)17-7-9-19(10-8-17)27-22-21-20(12-30-23(21)26-13-25-22)18-6-5-15(3)16(4)11-18/h5-14H,1-4H3,(H,25,26,27). The predicted molar refractivity (Wildman–Crippen MR) is 123 cm³/mol. The van der Waals surface area contributed by atoms with Crippen LogP contribution in [0.25, 0.3) is 21.3 Å². The fourth-order valence-corrected chi connectivity index (χ4v) is 4.12. The highest BCUT2D eigenvalue weighted by atomic mass is 32.1. The van der Waals surface area contributed by atoms with E-state index in [2.05, 4.69) is 52.7 Å². The van der Waals surface area contributed by atoms with E-state index in [4.69, 9.17) is 4.74 Å². The van der Waals surface area contributed by atoms with Crippen molar-refractivity contribution in [1.82, 2.24) is 9.97 Å². The van der Waals surface area contributed by atoms with Gasteiger partial charge in [-0.1, -0.05) is 18.2 Å². The summed E-state index contributed by atoms with van der Waals surface area (Å²) >= 11 is 1.60. The molecule has 30 heavy (non-hydrogen) atoms. The Balaban J connectivity index is 1.67. The molecule has 0 aliphatic heterocycles. The number of carbonyl (C=O) groups excluding carboxylic acids is 1. The third-order valence-electron chi connectivity index (χ3n) is 4.91. The first kappa shape index (κ1) is 20.0. The number of thiophene rings is 1. The van der Waals surface area contributed by atoms with Crippen LogP contribution < -0.4 is 5.32 Å². The molecule has 2 aromatic carbocycles. The van der Waals surface area contributed by atoms with Crippen molar-refractivity contribution >= 4 is 39.0 Å². The number of ether oxygens (including phenoxy) is 1. The van der Waals surface area contributed by atoms with E-state index in [1.807, 2.05) is 26.0 Å². The molecule has 5 nitrogen and oxygen atoms in total. The smallest absolute Gasteiger partial charge is 0.338 e. The number of hydrogen-bond acceptors (Lipinski definition) is 6. The molecule has 0 unspecified atom stereocenters. The van der Waals surface area contributed by atoms with Crippen LogP contribution in [0.3, 0.4) is 0 Å².